The molecule has 176 valence electrons. The molecule has 8 atom stereocenters. The van der Waals surface area contributed by atoms with Crippen molar-refractivity contribution in [2.75, 3.05) is 19.8 Å². The molecular formula is C21H32O10. The first-order chi connectivity index (χ1) is 14.8. The number of carbonyl (C=O) groups is 2. The first-order valence-corrected chi connectivity index (χ1v) is 10.7. The highest BCUT2D eigenvalue weighted by atomic mass is 16.7. The van der Waals surface area contributed by atoms with Gasteiger partial charge in [-0.1, -0.05) is 13.8 Å². The maximum absolute atomic E-state index is 12.1. The van der Waals surface area contributed by atoms with Crippen LogP contribution < -0.4 is 0 Å². The Bertz CT molecular complexity index is 677. The molecule has 1 saturated carbocycles. The quantitative estimate of drug-likeness (QED) is 0.360. The number of esters is 1. The summed E-state index contributed by atoms with van der Waals surface area (Å²) in [7, 11) is 0. The lowest BCUT2D eigenvalue weighted by Gasteiger charge is -2.38. The second-order valence-corrected chi connectivity index (χ2v) is 8.82. The van der Waals surface area contributed by atoms with Gasteiger partial charge in [-0.2, -0.15) is 0 Å². The summed E-state index contributed by atoms with van der Waals surface area (Å²) >= 11 is 0. The number of fused-ring (bicyclic) bond motifs is 1. The molecule has 0 aromatic rings. The van der Waals surface area contributed by atoms with E-state index in [4.69, 9.17) is 18.9 Å². The number of hydrogen-bond acceptors (Lipinski definition) is 10. The summed E-state index contributed by atoms with van der Waals surface area (Å²) in [4.78, 5) is 24.1. The third-order valence-electron chi connectivity index (χ3n) is 6.15. The highest BCUT2D eigenvalue weighted by Gasteiger charge is 2.48. The van der Waals surface area contributed by atoms with Crippen molar-refractivity contribution in [3.8, 4) is 0 Å². The second-order valence-electron chi connectivity index (χ2n) is 8.82. The molecule has 10 heteroatoms. The Morgan fingerprint density at radius 1 is 1.16 bits per heavy atom. The largest absolute Gasteiger partial charge is 0.462 e. The van der Waals surface area contributed by atoms with E-state index in [0.29, 0.717) is 0 Å². The molecule has 0 radical (unpaired) electrons. The van der Waals surface area contributed by atoms with Gasteiger partial charge in [0.25, 0.3) is 0 Å². The normalized spacial score (nSPS) is 37.9. The van der Waals surface area contributed by atoms with Crippen LogP contribution >= 0.6 is 0 Å². The van der Waals surface area contributed by atoms with Gasteiger partial charge in [-0.25, -0.2) is 0 Å². The lowest BCUT2D eigenvalue weighted by atomic mass is 9.83. The molecule has 1 aliphatic carbocycles. The SMILES string of the molecule is CC(C)CC(=O)O[C@@H]1OC=C(CO[C@@H]2O[C@@H](CO)[C@H](O)C(=O)[C@H]2O)[C@H]2CC[C@H](CO)[C@H]12. The van der Waals surface area contributed by atoms with Crippen molar-refractivity contribution in [3.05, 3.63) is 11.8 Å². The van der Waals surface area contributed by atoms with Crippen LogP contribution in [-0.4, -0.2) is 82.9 Å². The van der Waals surface area contributed by atoms with Crippen molar-refractivity contribution in [1.29, 1.82) is 0 Å². The van der Waals surface area contributed by atoms with E-state index in [2.05, 4.69) is 0 Å². The van der Waals surface area contributed by atoms with E-state index in [1.807, 2.05) is 13.8 Å². The van der Waals surface area contributed by atoms with Crippen molar-refractivity contribution < 1.29 is 49.0 Å². The molecule has 31 heavy (non-hydrogen) atoms. The Kier molecular flexibility index (Phi) is 8.06. The van der Waals surface area contributed by atoms with Crippen molar-refractivity contribution in [3.63, 3.8) is 0 Å². The van der Waals surface area contributed by atoms with Gasteiger partial charge in [0, 0.05) is 18.9 Å². The van der Waals surface area contributed by atoms with E-state index in [9.17, 15) is 30.0 Å². The Morgan fingerprint density at radius 3 is 2.55 bits per heavy atom. The summed E-state index contributed by atoms with van der Waals surface area (Å²) in [6.45, 7) is 3.14. The lowest BCUT2D eigenvalue weighted by molar-refractivity contribution is -0.254. The summed E-state index contributed by atoms with van der Waals surface area (Å²) in [5.74, 6) is -1.50. The van der Waals surface area contributed by atoms with Gasteiger partial charge in [-0.3, -0.25) is 9.59 Å². The topological polar surface area (TPSA) is 152 Å². The standard InChI is InChI=1S/C21H32O10/c1-10(2)5-15(24)31-20-16-11(6-22)3-4-13(16)12(8-28-20)9-29-21-19(27)18(26)17(25)14(7-23)30-21/h8,10-11,13-14,16-17,19-23,25,27H,3-7,9H2,1-2H3/t11-,13-,14+,16+,17+,19-,20+,21-/m1/s1. The van der Waals surface area contributed by atoms with Crippen LogP contribution in [0.3, 0.4) is 0 Å². The van der Waals surface area contributed by atoms with Crippen LogP contribution in [-0.2, 0) is 28.5 Å². The van der Waals surface area contributed by atoms with E-state index >= 15 is 0 Å². The zero-order valence-corrected chi connectivity index (χ0v) is 17.8. The van der Waals surface area contributed by atoms with Gasteiger partial charge in [-0.15, -0.1) is 0 Å². The van der Waals surface area contributed by atoms with Gasteiger partial charge in [0.1, 0.15) is 12.2 Å². The summed E-state index contributed by atoms with van der Waals surface area (Å²) in [6, 6.07) is 0. The van der Waals surface area contributed by atoms with Gasteiger partial charge < -0.3 is 39.4 Å². The molecule has 2 heterocycles. The van der Waals surface area contributed by atoms with E-state index in [1.54, 1.807) is 0 Å². The van der Waals surface area contributed by atoms with Crippen LogP contribution in [0.15, 0.2) is 11.8 Å². The van der Waals surface area contributed by atoms with E-state index in [0.717, 1.165) is 18.4 Å². The van der Waals surface area contributed by atoms with Crippen LogP contribution in [0.1, 0.15) is 33.1 Å². The predicted molar refractivity (Wildman–Crippen MR) is 104 cm³/mol. The molecule has 3 rings (SSSR count). The minimum Gasteiger partial charge on any atom is -0.462 e. The Hall–Kier alpha value is -1.56. The number of ether oxygens (including phenoxy) is 4. The van der Waals surface area contributed by atoms with Gasteiger partial charge >= 0.3 is 5.97 Å². The monoisotopic (exact) mass is 444 g/mol. The molecule has 2 aliphatic heterocycles. The van der Waals surface area contributed by atoms with Crippen molar-refractivity contribution in [2.45, 2.75) is 64.0 Å². The summed E-state index contributed by atoms with van der Waals surface area (Å²) in [5, 5.41) is 38.8. The molecule has 0 spiro atoms. The number of carbonyl (C=O) groups excluding carboxylic acids is 2. The molecule has 0 bridgehead atoms. The average Bonchev–Trinajstić information content (AvgIpc) is 3.17. The number of ketones is 1. The lowest BCUT2D eigenvalue weighted by Crippen LogP contribution is -2.56. The minimum atomic E-state index is -1.68. The number of Topliss-reactive ketones (excluding diaryl/α,β-unsaturated/α-hetero) is 1. The molecule has 0 unspecified atom stereocenters. The zero-order chi connectivity index (χ0) is 22.7. The molecule has 0 aromatic carbocycles. The van der Waals surface area contributed by atoms with E-state index < -0.39 is 43.3 Å². The molecular weight excluding hydrogens is 412 g/mol. The third-order valence-corrected chi connectivity index (χ3v) is 6.15. The van der Waals surface area contributed by atoms with Crippen LogP contribution in [0.5, 0.6) is 0 Å². The van der Waals surface area contributed by atoms with E-state index in [1.165, 1.54) is 6.26 Å². The summed E-state index contributed by atoms with van der Waals surface area (Å²) in [5.41, 5.74) is 0.729. The van der Waals surface area contributed by atoms with Crippen LogP contribution in [0, 0.1) is 23.7 Å². The number of aliphatic hydroxyl groups is 4. The summed E-state index contributed by atoms with van der Waals surface area (Å²) < 4.78 is 22.1. The smallest absolute Gasteiger partial charge is 0.309 e. The number of rotatable bonds is 8. The van der Waals surface area contributed by atoms with Crippen molar-refractivity contribution >= 4 is 11.8 Å². The van der Waals surface area contributed by atoms with Crippen molar-refractivity contribution in [1.82, 2.24) is 0 Å². The molecule has 2 fully saturated rings. The molecule has 3 aliphatic rings. The van der Waals surface area contributed by atoms with Gasteiger partial charge in [0.2, 0.25) is 6.29 Å². The molecule has 1 saturated heterocycles. The molecule has 10 nitrogen and oxygen atoms in total. The molecule has 0 aromatic heterocycles. The Labute approximate surface area is 180 Å². The predicted octanol–water partition coefficient (Wildman–Crippen LogP) is -0.525. The van der Waals surface area contributed by atoms with E-state index in [-0.39, 0.29) is 49.3 Å². The Balaban J connectivity index is 1.67. The molecule has 0 amide bonds. The second kappa shape index (κ2) is 10.4. The van der Waals surface area contributed by atoms with Crippen LogP contribution in [0.25, 0.3) is 0 Å². The van der Waals surface area contributed by atoms with Crippen LogP contribution in [0.4, 0.5) is 0 Å². The highest BCUT2D eigenvalue weighted by molar-refractivity contribution is 5.88. The summed E-state index contributed by atoms with van der Waals surface area (Å²) in [6.07, 6.45) is -3.44. The maximum Gasteiger partial charge on any atom is 0.309 e. The highest BCUT2D eigenvalue weighted by Crippen LogP contribution is 2.47. The van der Waals surface area contributed by atoms with Gasteiger partial charge in [0.15, 0.2) is 18.2 Å². The number of aliphatic hydroxyl groups excluding tert-OH is 4. The Morgan fingerprint density at radius 2 is 1.90 bits per heavy atom. The minimum absolute atomic E-state index is 0.0325. The fraction of sp³-hybridized carbons (Fsp3) is 0.810. The van der Waals surface area contributed by atoms with Crippen LogP contribution in [0.2, 0.25) is 0 Å². The van der Waals surface area contributed by atoms with Crippen molar-refractivity contribution in [2.24, 2.45) is 23.7 Å². The zero-order valence-electron chi connectivity index (χ0n) is 17.8. The fourth-order valence-corrected chi connectivity index (χ4v) is 4.52. The molecule has 4 N–H and O–H groups in total. The first-order valence-electron chi connectivity index (χ1n) is 10.7. The first kappa shape index (κ1) is 24.1. The fourth-order valence-electron chi connectivity index (χ4n) is 4.52. The average molecular weight is 444 g/mol. The number of hydrogen-bond donors (Lipinski definition) is 4. The maximum atomic E-state index is 12.1. The van der Waals surface area contributed by atoms with Gasteiger partial charge in [0.05, 0.1) is 19.5 Å². The third kappa shape index (κ3) is 5.27. The van der Waals surface area contributed by atoms with Gasteiger partial charge in [-0.05, 0) is 36.2 Å².